The van der Waals surface area contributed by atoms with Crippen molar-refractivity contribution >= 4 is 17.6 Å². The summed E-state index contributed by atoms with van der Waals surface area (Å²) in [5, 5.41) is 13.2. The van der Waals surface area contributed by atoms with E-state index >= 15 is 0 Å². The quantitative estimate of drug-likeness (QED) is 0.911. The third kappa shape index (κ3) is 2.47. The maximum atomic E-state index is 10.8. The Balaban J connectivity index is 2.45. The van der Waals surface area contributed by atoms with Crippen LogP contribution in [0, 0.1) is 6.92 Å². The Kier molecular flexibility index (Phi) is 3.15. The molecule has 4 nitrogen and oxygen atoms in total. The number of aliphatic carboxylic acids is 1. The van der Waals surface area contributed by atoms with E-state index in [1.54, 1.807) is 31.2 Å². The van der Waals surface area contributed by atoms with E-state index in [9.17, 15) is 4.79 Å². The van der Waals surface area contributed by atoms with Gasteiger partial charge in [0, 0.05) is 16.1 Å². The van der Waals surface area contributed by atoms with Gasteiger partial charge in [-0.25, -0.2) is 0 Å². The van der Waals surface area contributed by atoms with Crippen molar-refractivity contribution in [2.75, 3.05) is 0 Å². The Morgan fingerprint density at radius 2 is 2.06 bits per heavy atom. The van der Waals surface area contributed by atoms with Crippen molar-refractivity contribution < 1.29 is 14.4 Å². The number of nitrogens with zero attached hydrogens (tertiary/aromatic N) is 1. The summed E-state index contributed by atoms with van der Waals surface area (Å²) >= 11 is 5.79. The van der Waals surface area contributed by atoms with Crippen molar-refractivity contribution in [3.05, 3.63) is 40.5 Å². The fourth-order valence-electron chi connectivity index (χ4n) is 1.58. The van der Waals surface area contributed by atoms with Gasteiger partial charge < -0.3 is 9.63 Å². The van der Waals surface area contributed by atoms with Crippen LogP contribution in [0.3, 0.4) is 0 Å². The summed E-state index contributed by atoms with van der Waals surface area (Å²) in [4.78, 5) is 10.8. The lowest BCUT2D eigenvalue weighted by Crippen LogP contribution is -2.01. The van der Waals surface area contributed by atoms with Gasteiger partial charge in [0.05, 0.1) is 12.1 Å². The molecule has 1 aromatic carbocycles. The molecule has 1 N–H and O–H groups in total. The van der Waals surface area contributed by atoms with Gasteiger partial charge in [-0.15, -0.1) is 0 Å². The predicted molar refractivity (Wildman–Crippen MR) is 63.0 cm³/mol. The van der Waals surface area contributed by atoms with Crippen LogP contribution < -0.4 is 0 Å². The molecule has 0 spiro atoms. The van der Waals surface area contributed by atoms with Gasteiger partial charge in [0.25, 0.3) is 0 Å². The molecule has 0 radical (unpaired) electrons. The summed E-state index contributed by atoms with van der Waals surface area (Å²) in [6, 6.07) is 6.99. The van der Waals surface area contributed by atoms with E-state index in [2.05, 4.69) is 5.16 Å². The van der Waals surface area contributed by atoms with E-state index in [4.69, 9.17) is 21.2 Å². The SMILES string of the molecule is Cc1noc(-c2ccc(Cl)cc2)c1CC(=O)O. The number of benzene rings is 1. The molecule has 88 valence electrons. The molecule has 0 bridgehead atoms. The van der Waals surface area contributed by atoms with Gasteiger partial charge in [-0.3, -0.25) is 4.79 Å². The first kappa shape index (κ1) is 11.7. The second kappa shape index (κ2) is 4.59. The number of carboxylic acids is 1. The van der Waals surface area contributed by atoms with E-state index in [0.717, 1.165) is 5.56 Å². The highest BCUT2D eigenvalue weighted by Crippen LogP contribution is 2.27. The molecule has 0 aliphatic rings. The van der Waals surface area contributed by atoms with Gasteiger partial charge in [0.15, 0.2) is 5.76 Å². The highest BCUT2D eigenvalue weighted by molar-refractivity contribution is 6.30. The van der Waals surface area contributed by atoms with Crippen molar-refractivity contribution in [1.82, 2.24) is 5.16 Å². The number of carbonyl (C=O) groups is 1. The summed E-state index contributed by atoms with van der Waals surface area (Å²) in [7, 11) is 0. The molecular weight excluding hydrogens is 242 g/mol. The minimum Gasteiger partial charge on any atom is -0.481 e. The topological polar surface area (TPSA) is 63.3 Å². The Labute approximate surface area is 103 Å². The molecule has 1 aromatic heterocycles. The second-order valence-electron chi connectivity index (χ2n) is 3.65. The van der Waals surface area contributed by atoms with Crippen LogP contribution in [0.15, 0.2) is 28.8 Å². The van der Waals surface area contributed by atoms with Gasteiger partial charge in [-0.05, 0) is 31.2 Å². The molecular formula is C12H10ClNO3. The predicted octanol–water partition coefficient (Wildman–Crippen LogP) is 2.93. The van der Waals surface area contributed by atoms with Crippen LogP contribution in [-0.4, -0.2) is 16.2 Å². The Hall–Kier alpha value is -1.81. The van der Waals surface area contributed by atoms with Crippen LogP contribution in [0.5, 0.6) is 0 Å². The van der Waals surface area contributed by atoms with Crippen LogP contribution in [0.4, 0.5) is 0 Å². The van der Waals surface area contributed by atoms with Gasteiger partial charge in [0.1, 0.15) is 0 Å². The first-order valence-electron chi connectivity index (χ1n) is 5.01. The van der Waals surface area contributed by atoms with Crippen molar-refractivity contribution in [1.29, 1.82) is 0 Å². The third-order valence-electron chi connectivity index (χ3n) is 2.42. The van der Waals surface area contributed by atoms with Crippen molar-refractivity contribution in [3.63, 3.8) is 0 Å². The fraction of sp³-hybridized carbons (Fsp3) is 0.167. The highest BCUT2D eigenvalue weighted by Gasteiger charge is 2.17. The summed E-state index contributed by atoms with van der Waals surface area (Å²) in [5.74, 6) is -0.423. The molecule has 0 fully saturated rings. The molecule has 0 amide bonds. The van der Waals surface area contributed by atoms with E-state index in [0.29, 0.717) is 22.0 Å². The number of aryl methyl sites for hydroxylation is 1. The normalized spacial score (nSPS) is 10.5. The highest BCUT2D eigenvalue weighted by atomic mass is 35.5. The number of rotatable bonds is 3. The zero-order valence-corrected chi connectivity index (χ0v) is 9.86. The lowest BCUT2D eigenvalue weighted by molar-refractivity contribution is -0.136. The van der Waals surface area contributed by atoms with E-state index < -0.39 is 5.97 Å². The first-order chi connectivity index (χ1) is 8.08. The van der Waals surface area contributed by atoms with Crippen LogP contribution >= 0.6 is 11.6 Å². The number of hydrogen-bond acceptors (Lipinski definition) is 3. The largest absolute Gasteiger partial charge is 0.481 e. The van der Waals surface area contributed by atoms with Gasteiger partial charge in [0.2, 0.25) is 0 Å². The second-order valence-corrected chi connectivity index (χ2v) is 4.09. The average Bonchev–Trinajstić information content (AvgIpc) is 2.61. The molecule has 2 aromatic rings. The summed E-state index contributed by atoms with van der Waals surface area (Å²) in [5.41, 5.74) is 1.96. The zero-order valence-electron chi connectivity index (χ0n) is 9.11. The zero-order chi connectivity index (χ0) is 12.4. The van der Waals surface area contributed by atoms with Gasteiger partial charge >= 0.3 is 5.97 Å². The maximum Gasteiger partial charge on any atom is 0.308 e. The van der Waals surface area contributed by atoms with Crippen molar-refractivity contribution in [3.8, 4) is 11.3 Å². The minimum absolute atomic E-state index is 0.104. The Morgan fingerprint density at radius 1 is 1.41 bits per heavy atom. The molecule has 2 rings (SSSR count). The van der Waals surface area contributed by atoms with Crippen LogP contribution in [0.1, 0.15) is 11.3 Å². The smallest absolute Gasteiger partial charge is 0.308 e. The molecule has 0 saturated carbocycles. The lowest BCUT2D eigenvalue weighted by Gasteiger charge is -2.00. The Bertz CT molecular complexity index is 545. The van der Waals surface area contributed by atoms with Crippen LogP contribution in [0.2, 0.25) is 5.02 Å². The summed E-state index contributed by atoms with van der Waals surface area (Å²) < 4.78 is 5.17. The number of hydrogen-bond donors (Lipinski definition) is 1. The molecule has 0 saturated heterocycles. The first-order valence-corrected chi connectivity index (χ1v) is 5.38. The lowest BCUT2D eigenvalue weighted by atomic mass is 10.0. The molecule has 0 unspecified atom stereocenters. The van der Waals surface area contributed by atoms with Gasteiger partial charge in [-0.1, -0.05) is 16.8 Å². The number of aromatic nitrogens is 1. The van der Waals surface area contributed by atoms with Crippen LogP contribution in [-0.2, 0) is 11.2 Å². The van der Waals surface area contributed by atoms with Crippen LogP contribution in [0.25, 0.3) is 11.3 Å². The van der Waals surface area contributed by atoms with E-state index in [1.807, 2.05) is 0 Å². The van der Waals surface area contributed by atoms with Crippen molar-refractivity contribution in [2.45, 2.75) is 13.3 Å². The monoisotopic (exact) mass is 251 g/mol. The summed E-state index contributed by atoms with van der Waals surface area (Å²) in [6.07, 6.45) is -0.104. The number of carboxylic acid groups (broad SMARTS) is 1. The summed E-state index contributed by atoms with van der Waals surface area (Å²) in [6.45, 7) is 1.72. The third-order valence-corrected chi connectivity index (χ3v) is 2.67. The molecule has 0 aliphatic carbocycles. The molecule has 0 atom stereocenters. The molecule has 5 heteroatoms. The Morgan fingerprint density at radius 3 is 2.65 bits per heavy atom. The average molecular weight is 252 g/mol. The molecule has 1 heterocycles. The van der Waals surface area contributed by atoms with Gasteiger partial charge in [-0.2, -0.15) is 0 Å². The maximum absolute atomic E-state index is 10.8. The van der Waals surface area contributed by atoms with E-state index in [1.165, 1.54) is 0 Å². The standard InChI is InChI=1S/C12H10ClNO3/c1-7-10(6-11(15)16)12(17-14-7)8-2-4-9(13)5-3-8/h2-5H,6H2,1H3,(H,15,16). The molecule has 17 heavy (non-hydrogen) atoms. The van der Waals surface area contributed by atoms with E-state index in [-0.39, 0.29) is 6.42 Å². The fourth-order valence-corrected chi connectivity index (χ4v) is 1.70. The number of halogens is 1. The van der Waals surface area contributed by atoms with Crippen molar-refractivity contribution in [2.24, 2.45) is 0 Å². The minimum atomic E-state index is -0.911. The molecule has 0 aliphatic heterocycles.